The van der Waals surface area contributed by atoms with Crippen molar-refractivity contribution >= 4 is 11.3 Å². The predicted octanol–water partition coefficient (Wildman–Crippen LogP) is 0.238. The first-order valence-electron chi connectivity index (χ1n) is 4.61. The molecule has 0 aliphatic rings. The number of nitrogens with zero attached hydrogens (tertiary/aromatic N) is 2. The Morgan fingerprint density at radius 2 is 2.00 bits per heavy atom. The molecule has 0 atom stereocenters. The van der Waals surface area contributed by atoms with Crippen molar-refractivity contribution < 1.29 is 10.2 Å². The molecule has 0 saturated heterocycles. The Kier molecular flexibility index (Phi) is 5.03. The van der Waals surface area contributed by atoms with E-state index in [4.69, 9.17) is 10.2 Å². The molecule has 0 radical (unpaired) electrons. The smallest absolute Gasteiger partial charge is 0.107 e. The second kappa shape index (κ2) is 6.08. The van der Waals surface area contributed by atoms with E-state index >= 15 is 0 Å². The van der Waals surface area contributed by atoms with Crippen molar-refractivity contribution in [2.75, 3.05) is 26.3 Å². The first kappa shape index (κ1) is 11.6. The van der Waals surface area contributed by atoms with Gasteiger partial charge in [-0.15, -0.1) is 11.3 Å². The number of aromatic nitrogens is 1. The van der Waals surface area contributed by atoms with Crippen LogP contribution in [0, 0.1) is 6.92 Å². The molecule has 14 heavy (non-hydrogen) atoms. The van der Waals surface area contributed by atoms with Crippen molar-refractivity contribution in [3.05, 3.63) is 16.1 Å². The molecule has 0 spiro atoms. The maximum absolute atomic E-state index is 8.81. The van der Waals surface area contributed by atoms with Crippen molar-refractivity contribution in [2.24, 2.45) is 0 Å². The average molecular weight is 216 g/mol. The summed E-state index contributed by atoms with van der Waals surface area (Å²) in [6.45, 7) is 4.06. The molecule has 0 bridgehead atoms. The van der Waals surface area contributed by atoms with Gasteiger partial charge in [-0.1, -0.05) is 0 Å². The third kappa shape index (κ3) is 3.71. The normalized spacial score (nSPS) is 11.1. The lowest BCUT2D eigenvalue weighted by Gasteiger charge is -2.18. The third-order valence-corrected chi connectivity index (χ3v) is 2.81. The molecule has 4 nitrogen and oxygen atoms in total. The van der Waals surface area contributed by atoms with Crippen LogP contribution in [0.15, 0.2) is 5.38 Å². The van der Waals surface area contributed by atoms with Gasteiger partial charge >= 0.3 is 0 Å². The molecule has 2 N–H and O–H groups in total. The predicted molar refractivity (Wildman–Crippen MR) is 56.3 cm³/mol. The molecule has 1 heterocycles. The van der Waals surface area contributed by atoms with E-state index in [1.54, 1.807) is 11.3 Å². The Morgan fingerprint density at radius 3 is 2.43 bits per heavy atom. The lowest BCUT2D eigenvalue weighted by atomic mass is 10.4. The number of aliphatic hydroxyl groups excluding tert-OH is 2. The van der Waals surface area contributed by atoms with E-state index < -0.39 is 0 Å². The van der Waals surface area contributed by atoms with Crippen molar-refractivity contribution in [3.63, 3.8) is 0 Å². The Labute approximate surface area is 87.8 Å². The minimum atomic E-state index is 0.115. The van der Waals surface area contributed by atoms with Gasteiger partial charge in [-0.05, 0) is 6.92 Å². The second-order valence-corrected chi connectivity index (χ2v) is 4.05. The van der Waals surface area contributed by atoms with E-state index in [0.717, 1.165) is 10.7 Å². The van der Waals surface area contributed by atoms with Crippen LogP contribution >= 0.6 is 11.3 Å². The van der Waals surface area contributed by atoms with E-state index in [-0.39, 0.29) is 13.2 Å². The van der Waals surface area contributed by atoms with Gasteiger partial charge in [-0.2, -0.15) is 0 Å². The van der Waals surface area contributed by atoms with E-state index in [9.17, 15) is 0 Å². The summed E-state index contributed by atoms with van der Waals surface area (Å²) in [7, 11) is 0. The SMILES string of the molecule is Cc1csc(CN(CCO)CCO)n1. The highest BCUT2D eigenvalue weighted by atomic mass is 32.1. The molecule has 0 aliphatic carbocycles. The van der Waals surface area contributed by atoms with Gasteiger partial charge in [0.1, 0.15) is 5.01 Å². The monoisotopic (exact) mass is 216 g/mol. The van der Waals surface area contributed by atoms with Crippen LogP contribution in [0.1, 0.15) is 10.7 Å². The maximum atomic E-state index is 8.81. The van der Waals surface area contributed by atoms with Crippen LogP contribution in [0.5, 0.6) is 0 Å². The summed E-state index contributed by atoms with van der Waals surface area (Å²) in [6.07, 6.45) is 0. The zero-order chi connectivity index (χ0) is 10.4. The number of aliphatic hydroxyl groups is 2. The van der Waals surface area contributed by atoms with Gasteiger partial charge in [0.25, 0.3) is 0 Å². The summed E-state index contributed by atoms with van der Waals surface area (Å²) in [4.78, 5) is 6.31. The average Bonchev–Trinajstić information content (AvgIpc) is 2.52. The van der Waals surface area contributed by atoms with E-state index in [0.29, 0.717) is 19.6 Å². The summed E-state index contributed by atoms with van der Waals surface area (Å²) in [6, 6.07) is 0. The Hall–Kier alpha value is -0.490. The van der Waals surface area contributed by atoms with Crippen LogP contribution in [0.25, 0.3) is 0 Å². The van der Waals surface area contributed by atoms with Gasteiger partial charge in [-0.3, -0.25) is 4.90 Å². The van der Waals surface area contributed by atoms with Crippen molar-refractivity contribution in [1.29, 1.82) is 0 Å². The van der Waals surface area contributed by atoms with E-state index in [1.165, 1.54) is 0 Å². The first-order valence-corrected chi connectivity index (χ1v) is 5.49. The van der Waals surface area contributed by atoms with Gasteiger partial charge in [0.2, 0.25) is 0 Å². The zero-order valence-corrected chi connectivity index (χ0v) is 9.13. The Morgan fingerprint density at radius 1 is 1.36 bits per heavy atom. The van der Waals surface area contributed by atoms with Crippen LogP contribution in [-0.2, 0) is 6.54 Å². The lowest BCUT2D eigenvalue weighted by Crippen LogP contribution is -2.29. The largest absolute Gasteiger partial charge is 0.395 e. The van der Waals surface area contributed by atoms with Gasteiger partial charge in [0.05, 0.1) is 19.8 Å². The van der Waals surface area contributed by atoms with Gasteiger partial charge in [0.15, 0.2) is 0 Å². The molecular weight excluding hydrogens is 200 g/mol. The minimum absolute atomic E-state index is 0.115. The van der Waals surface area contributed by atoms with Crippen molar-refractivity contribution in [2.45, 2.75) is 13.5 Å². The molecule has 0 aromatic carbocycles. The summed E-state index contributed by atoms with van der Waals surface area (Å²) in [5.41, 5.74) is 1.03. The fraction of sp³-hybridized carbons (Fsp3) is 0.667. The first-order chi connectivity index (χ1) is 6.76. The number of hydrogen-bond donors (Lipinski definition) is 2. The van der Waals surface area contributed by atoms with Crippen LogP contribution in [-0.4, -0.2) is 46.4 Å². The molecule has 0 aliphatic heterocycles. The van der Waals surface area contributed by atoms with Crippen LogP contribution in [0.2, 0.25) is 0 Å². The van der Waals surface area contributed by atoms with Crippen LogP contribution in [0.4, 0.5) is 0 Å². The Balaban J connectivity index is 2.46. The fourth-order valence-corrected chi connectivity index (χ4v) is 2.03. The van der Waals surface area contributed by atoms with Gasteiger partial charge in [0, 0.05) is 24.2 Å². The molecule has 0 unspecified atom stereocenters. The molecule has 5 heteroatoms. The molecular formula is C9H16N2O2S. The zero-order valence-electron chi connectivity index (χ0n) is 8.31. The lowest BCUT2D eigenvalue weighted by molar-refractivity contribution is 0.156. The molecule has 80 valence electrons. The van der Waals surface area contributed by atoms with E-state index in [2.05, 4.69) is 4.98 Å². The summed E-state index contributed by atoms with van der Waals surface area (Å²) in [5, 5.41) is 20.6. The quantitative estimate of drug-likeness (QED) is 0.715. The summed E-state index contributed by atoms with van der Waals surface area (Å²) in [5.74, 6) is 0. The topological polar surface area (TPSA) is 56.6 Å². The number of aryl methyl sites for hydroxylation is 1. The highest BCUT2D eigenvalue weighted by Crippen LogP contribution is 2.11. The third-order valence-electron chi connectivity index (χ3n) is 1.86. The van der Waals surface area contributed by atoms with Gasteiger partial charge in [-0.25, -0.2) is 4.98 Å². The van der Waals surface area contributed by atoms with Crippen molar-refractivity contribution in [3.8, 4) is 0 Å². The highest BCUT2D eigenvalue weighted by Gasteiger charge is 2.06. The number of rotatable bonds is 6. The highest BCUT2D eigenvalue weighted by molar-refractivity contribution is 7.09. The standard InChI is InChI=1S/C9H16N2O2S/c1-8-7-14-9(10-8)6-11(2-4-12)3-5-13/h7,12-13H,2-6H2,1H3. The summed E-state index contributed by atoms with van der Waals surface area (Å²) >= 11 is 1.61. The Bertz CT molecular complexity index is 259. The molecule has 1 aromatic heterocycles. The van der Waals surface area contributed by atoms with Crippen LogP contribution in [0.3, 0.4) is 0 Å². The molecule has 0 amide bonds. The fourth-order valence-electron chi connectivity index (χ4n) is 1.22. The maximum Gasteiger partial charge on any atom is 0.107 e. The van der Waals surface area contributed by atoms with Gasteiger partial charge < -0.3 is 10.2 Å². The minimum Gasteiger partial charge on any atom is -0.395 e. The summed E-state index contributed by atoms with van der Waals surface area (Å²) < 4.78 is 0. The van der Waals surface area contributed by atoms with E-state index in [1.807, 2.05) is 17.2 Å². The number of hydrogen-bond acceptors (Lipinski definition) is 5. The van der Waals surface area contributed by atoms with Crippen molar-refractivity contribution in [1.82, 2.24) is 9.88 Å². The second-order valence-electron chi connectivity index (χ2n) is 3.11. The van der Waals surface area contributed by atoms with Crippen LogP contribution < -0.4 is 0 Å². The molecule has 0 fully saturated rings. The molecule has 1 aromatic rings. The number of thiazole rings is 1. The molecule has 1 rings (SSSR count). The molecule has 0 saturated carbocycles.